The molecule has 1 N–H and O–H groups in total. The van der Waals surface area contributed by atoms with Crippen molar-refractivity contribution in [2.75, 3.05) is 5.32 Å². The summed E-state index contributed by atoms with van der Waals surface area (Å²) in [5, 5.41) is 3.35. The molecule has 0 saturated carbocycles. The molecule has 1 heterocycles. The van der Waals surface area contributed by atoms with Gasteiger partial charge in [0.25, 0.3) is 0 Å². The Kier molecular flexibility index (Phi) is 3.73. The molecule has 1 aromatic heterocycles. The number of aryl methyl sites for hydroxylation is 1. The summed E-state index contributed by atoms with van der Waals surface area (Å²) in [5.74, 6) is -0.263. The number of rotatable bonds is 3. The van der Waals surface area contributed by atoms with E-state index in [0.29, 0.717) is 10.7 Å². The van der Waals surface area contributed by atoms with Crippen LogP contribution in [-0.2, 0) is 18.4 Å². The van der Waals surface area contributed by atoms with Crippen LogP contribution in [0.2, 0.25) is 5.02 Å². The molecule has 1 amide bonds. The Morgan fingerprint density at radius 2 is 1.73 bits per heavy atom. The summed E-state index contributed by atoms with van der Waals surface area (Å²) in [6, 6.07) is 14.2. The molecule has 0 radical (unpaired) electrons. The van der Waals surface area contributed by atoms with Crippen molar-refractivity contribution in [2.45, 2.75) is 6.54 Å². The first-order chi connectivity index (χ1) is 10.6. The van der Waals surface area contributed by atoms with Gasteiger partial charge in [-0.25, -0.2) is 4.79 Å². The Hall–Kier alpha value is -2.53. The van der Waals surface area contributed by atoms with Crippen LogP contribution in [0.5, 0.6) is 0 Å². The lowest BCUT2D eigenvalue weighted by Crippen LogP contribution is -2.28. The highest BCUT2D eigenvalue weighted by Gasteiger charge is 2.13. The number of aromatic nitrogens is 2. The minimum atomic E-state index is -0.263. The van der Waals surface area contributed by atoms with E-state index in [-0.39, 0.29) is 18.1 Å². The Morgan fingerprint density at radius 3 is 2.41 bits per heavy atom. The van der Waals surface area contributed by atoms with Crippen LogP contribution in [-0.4, -0.2) is 15.0 Å². The van der Waals surface area contributed by atoms with E-state index in [4.69, 9.17) is 11.6 Å². The van der Waals surface area contributed by atoms with Gasteiger partial charge in [0.05, 0.1) is 11.0 Å². The molecule has 112 valence electrons. The summed E-state index contributed by atoms with van der Waals surface area (Å²) in [6.45, 7) is -0.0389. The summed E-state index contributed by atoms with van der Waals surface area (Å²) in [4.78, 5) is 24.4. The fourth-order valence-electron chi connectivity index (χ4n) is 2.39. The molecule has 22 heavy (non-hydrogen) atoms. The van der Waals surface area contributed by atoms with Crippen molar-refractivity contribution in [3.63, 3.8) is 0 Å². The van der Waals surface area contributed by atoms with Gasteiger partial charge in [0.2, 0.25) is 5.91 Å². The normalized spacial score (nSPS) is 10.8. The Labute approximate surface area is 131 Å². The zero-order valence-corrected chi connectivity index (χ0v) is 12.7. The molecule has 2 aromatic carbocycles. The molecule has 6 heteroatoms. The first kappa shape index (κ1) is 14.4. The van der Waals surface area contributed by atoms with Gasteiger partial charge in [-0.05, 0) is 36.4 Å². The average Bonchev–Trinajstić information content (AvgIpc) is 2.75. The van der Waals surface area contributed by atoms with Gasteiger partial charge in [-0.1, -0.05) is 23.7 Å². The Morgan fingerprint density at radius 1 is 1.09 bits per heavy atom. The number of amides is 1. The number of imidazole rings is 1. The quantitative estimate of drug-likeness (QED) is 0.808. The number of halogens is 1. The second-order valence-electron chi connectivity index (χ2n) is 4.97. The van der Waals surface area contributed by atoms with Crippen LogP contribution in [0, 0.1) is 0 Å². The zero-order chi connectivity index (χ0) is 15.7. The number of fused-ring (bicyclic) bond motifs is 1. The predicted molar refractivity (Wildman–Crippen MR) is 87.3 cm³/mol. The number of benzene rings is 2. The molecule has 0 bridgehead atoms. The largest absolute Gasteiger partial charge is 0.329 e. The molecule has 0 fully saturated rings. The molecule has 5 nitrogen and oxygen atoms in total. The SMILES string of the molecule is Cn1c(=O)n(CC(=O)Nc2ccc(Cl)cc2)c2ccccc21. The Balaban J connectivity index is 1.87. The molecule has 3 aromatic rings. The minimum Gasteiger partial charge on any atom is -0.325 e. The van der Waals surface area contributed by atoms with Crippen molar-refractivity contribution in [3.8, 4) is 0 Å². The third-order valence-corrected chi connectivity index (χ3v) is 3.73. The highest BCUT2D eigenvalue weighted by molar-refractivity contribution is 6.30. The van der Waals surface area contributed by atoms with E-state index in [1.165, 1.54) is 9.13 Å². The molecule has 0 atom stereocenters. The number of nitrogens with zero attached hydrogens (tertiary/aromatic N) is 2. The van der Waals surface area contributed by atoms with E-state index < -0.39 is 0 Å². The van der Waals surface area contributed by atoms with Gasteiger partial charge < -0.3 is 5.32 Å². The first-order valence-electron chi connectivity index (χ1n) is 6.76. The van der Waals surface area contributed by atoms with Crippen molar-refractivity contribution in [1.29, 1.82) is 0 Å². The fourth-order valence-corrected chi connectivity index (χ4v) is 2.52. The molecular weight excluding hydrogens is 302 g/mol. The van der Waals surface area contributed by atoms with Crippen LogP contribution in [0.1, 0.15) is 0 Å². The number of hydrogen-bond acceptors (Lipinski definition) is 2. The highest BCUT2D eigenvalue weighted by atomic mass is 35.5. The van der Waals surface area contributed by atoms with Crippen LogP contribution in [0.3, 0.4) is 0 Å². The van der Waals surface area contributed by atoms with E-state index in [2.05, 4.69) is 5.32 Å². The summed E-state index contributed by atoms with van der Waals surface area (Å²) >= 11 is 5.81. The van der Waals surface area contributed by atoms with Crippen molar-refractivity contribution in [1.82, 2.24) is 9.13 Å². The third-order valence-electron chi connectivity index (χ3n) is 3.48. The van der Waals surface area contributed by atoms with Gasteiger partial charge in [0.15, 0.2) is 0 Å². The van der Waals surface area contributed by atoms with Gasteiger partial charge in [-0.2, -0.15) is 0 Å². The highest BCUT2D eigenvalue weighted by Crippen LogP contribution is 2.14. The molecule has 0 aliphatic heterocycles. The van der Waals surface area contributed by atoms with Gasteiger partial charge in [0, 0.05) is 17.8 Å². The second kappa shape index (κ2) is 5.69. The fraction of sp³-hybridized carbons (Fsp3) is 0.125. The van der Waals surface area contributed by atoms with E-state index in [1.54, 1.807) is 31.3 Å². The van der Waals surface area contributed by atoms with Crippen LogP contribution < -0.4 is 11.0 Å². The predicted octanol–water partition coefficient (Wildman–Crippen LogP) is 2.63. The number of nitrogens with one attached hydrogen (secondary N) is 1. The van der Waals surface area contributed by atoms with Gasteiger partial charge in [-0.3, -0.25) is 13.9 Å². The van der Waals surface area contributed by atoms with Crippen LogP contribution in [0.15, 0.2) is 53.3 Å². The molecule has 0 unspecified atom stereocenters. The van der Waals surface area contributed by atoms with Crippen LogP contribution in [0.25, 0.3) is 11.0 Å². The lowest BCUT2D eigenvalue weighted by atomic mass is 10.3. The maximum atomic E-state index is 12.2. The lowest BCUT2D eigenvalue weighted by molar-refractivity contribution is -0.116. The zero-order valence-electron chi connectivity index (χ0n) is 11.9. The molecule has 3 rings (SSSR count). The topological polar surface area (TPSA) is 56.0 Å². The van der Waals surface area contributed by atoms with Crippen molar-refractivity contribution in [3.05, 3.63) is 64.0 Å². The van der Waals surface area contributed by atoms with Crippen molar-refractivity contribution < 1.29 is 4.79 Å². The van der Waals surface area contributed by atoms with E-state index >= 15 is 0 Å². The van der Waals surface area contributed by atoms with Gasteiger partial charge in [-0.15, -0.1) is 0 Å². The first-order valence-corrected chi connectivity index (χ1v) is 7.14. The molecule has 0 aliphatic carbocycles. The summed E-state index contributed by atoms with van der Waals surface area (Å²) < 4.78 is 2.99. The maximum absolute atomic E-state index is 12.2. The van der Waals surface area contributed by atoms with Crippen LogP contribution >= 0.6 is 11.6 Å². The van der Waals surface area contributed by atoms with E-state index in [9.17, 15) is 9.59 Å². The van der Waals surface area contributed by atoms with E-state index in [1.807, 2.05) is 24.3 Å². The molecule has 0 saturated heterocycles. The van der Waals surface area contributed by atoms with E-state index in [0.717, 1.165) is 11.0 Å². The summed E-state index contributed by atoms with van der Waals surface area (Å²) in [7, 11) is 1.69. The van der Waals surface area contributed by atoms with Crippen molar-refractivity contribution >= 4 is 34.2 Å². The molecule has 0 spiro atoms. The monoisotopic (exact) mass is 315 g/mol. The van der Waals surface area contributed by atoms with Crippen molar-refractivity contribution in [2.24, 2.45) is 7.05 Å². The van der Waals surface area contributed by atoms with Crippen LogP contribution in [0.4, 0.5) is 5.69 Å². The number of carbonyl (C=O) groups excluding carboxylic acids is 1. The number of anilines is 1. The summed E-state index contributed by atoms with van der Waals surface area (Å²) in [5.41, 5.74) is 1.96. The molecular formula is C16H14ClN3O2. The minimum absolute atomic E-state index is 0.0389. The smallest absolute Gasteiger partial charge is 0.325 e. The standard InChI is InChI=1S/C16H14ClN3O2/c1-19-13-4-2-3-5-14(13)20(16(19)22)10-15(21)18-12-8-6-11(17)7-9-12/h2-9H,10H2,1H3,(H,18,21). The number of hydrogen-bond donors (Lipinski definition) is 1. The number of para-hydroxylation sites is 2. The third kappa shape index (κ3) is 2.63. The Bertz CT molecular complexity index is 894. The number of carbonyl (C=O) groups is 1. The second-order valence-corrected chi connectivity index (χ2v) is 5.41. The van der Waals surface area contributed by atoms with Gasteiger partial charge in [0.1, 0.15) is 6.54 Å². The van der Waals surface area contributed by atoms with Gasteiger partial charge >= 0.3 is 5.69 Å². The maximum Gasteiger partial charge on any atom is 0.329 e. The lowest BCUT2D eigenvalue weighted by Gasteiger charge is -2.06. The summed E-state index contributed by atoms with van der Waals surface area (Å²) in [6.07, 6.45) is 0. The molecule has 0 aliphatic rings. The average molecular weight is 316 g/mol.